The monoisotopic (exact) mass is 374 g/mol. The van der Waals surface area contributed by atoms with Crippen LogP contribution >= 0.6 is 0 Å². The lowest BCUT2D eigenvalue weighted by Crippen LogP contribution is -2.34. The number of nitrogens with zero attached hydrogens (tertiary/aromatic N) is 1. The van der Waals surface area contributed by atoms with Crippen molar-refractivity contribution in [1.29, 1.82) is 0 Å². The van der Waals surface area contributed by atoms with Gasteiger partial charge in [-0.15, -0.1) is 0 Å². The molecule has 1 aromatic heterocycles. The summed E-state index contributed by atoms with van der Waals surface area (Å²) in [7, 11) is 3.34. The normalized spacial score (nSPS) is 12.4. The van der Waals surface area contributed by atoms with Crippen LogP contribution in [0, 0.1) is 12.8 Å². The van der Waals surface area contributed by atoms with Crippen LogP contribution in [0.3, 0.4) is 0 Å². The maximum absolute atomic E-state index is 12.4. The van der Waals surface area contributed by atoms with E-state index in [-0.39, 0.29) is 18.4 Å². The van der Waals surface area contributed by atoms with Crippen LogP contribution in [0.4, 0.5) is 0 Å². The lowest BCUT2D eigenvalue weighted by atomic mass is 10.0. The van der Waals surface area contributed by atoms with E-state index in [1.807, 2.05) is 19.1 Å². The van der Waals surface area contributed by atoms with Crippen molar-refractivity contribution in [2.75, 3.05) is 20.7 Å². The maximum Gasteiger partial charge on any atom is 0.339 e. The van der Waals surface area contributed by atoms with Crippen molar-refractivity contribution in [2.45, 2.75) is 46.1 Å². The fraction of sp³-hybridized carbons (Fsp3) is 0.524. The molecule has 6 heteroatoms. The van der Waals surface area contributed by atoms with Crippen LogP contribution in [0.2, 0.25) is 0 Å². The van der Waals surface area contributed by atoms with Crippen LogP contribution in [-0.4, -0.2) is 37.6 Å². The Morgan fingerprint density at radius 1 is 1.33 bits per heavy atom. The van der Waals surface area contributed by atoms with Gasteiger partial charge in [0.2, 0.25) is 5.91 Å². The number of fused-ring (bicyclic) bond motifs is 1. The van der Waals surface area contributed by atoms with Crippen LogP contribution in [0.25, 0.3) is 11.0 Å². The predicted molar refractivity (Wildman–Crippen MR) is 107 cm³/mol. The molecule has 0 aliphatic carbocycles. The van der Waals surface area contributed by atoms with Gasteiger partial charge in [-0.25, -0.2) is 4.79 Å². The minimum absolute atomic E-state index is 0.000385. The number of nitrogens with two attached hydrogens (primary N) is 1. The van der Waals surface area contributed by atoms with E-state index in [2.05, 4.69) is 13.8 Å². The van der Waals surface area contributed by atoms with Gasteiger partial charge in [-0.1, -0.05) is 13.8 Å². The van der Waals surface area contributed by atoms with E-state index >= 15 is 0 Å². The van der Waals surface area contributed by atoms with Gasteiger partial charge in [0.25, 0.3) is 0 Å². The van der Waals surface area contributed by atoms with Gasteiger partial charge in [0, 0.05) is 43.1 Å². The van der Waals surface area contributed by atoms with Gasteiger partial charge in [-0.2, -0.15) is 0 Å². The minimum atomic E-state index is -0.398. The Hall–Kier alpha value is -2.34. The van der Waals surface area contributed by atoms with Crippen LogP contribution in [0.1, 0.15) is 37.8 Å². The molecule has 0 saturated heterocycles. The summed E-state index contributed by atoms with van der Waals surface area (Å²) in [6.07, 6.45) is 1.38. The second-order valence-corrected chi connectivity index (χ2v) is 7.37. The van der Waals surface area contributed by atoms with Gasteiger partial charge in [0.15, 0.2) is 0 Å². The number of carbonyl (C=O) groups excluding carboxylic acids is 1. The highest BCUT2D eigenvalue weighted by molar-refractivity contribution is 5.82. The zero-order chi connectivity index (χ0) is 20.1. The fourth-order valence-corrected chi connectivity index (χ4v) is 3.01. The third-order valence-corrected chi connectivity index (χ3v) is 5.16. The zero-order valence-corrected chi connectivity index (χ0v) is 16.9. The van der Waals surface area contributed by atoms with E-state index < -0.39 is 5.63 Å². The summed E-state index contributed by atoms with van der Waals surface area (Å²) >= 11 is 0. The van der Waals surface area contributed by atoms with E-state index in [9.17, 15) is 9.59 Å². The number of benzene rings is 1. The summed E-state index contributed by atoms with van der Waals surface area (Å²) in [5.41, 5.74) is 7.53. The molecule has 1 heterocycles. The van der Waals surface area contributed by atoms with Crippen molar-refractivity contribution in [3.8, 4) is 5.75 Å². The molecule has 2 rings (SSSR count). The van der Waals surface area contributed by atoms with Crippen LogP contribution < -0.4 is 16.1 Å². The highest BCUT2D eigenvalue weighted by Crippen LogP contribution is 2.24. The summed E-state index contributed by atoms with van der Waals surface area (Å²) in [4.78, 5) is 26.5. The molecule has 148 valence electrons. The zero-order valence-electron chi connectivity index (χ0n) is 16.9. The number of aryl methyl sites for hydroxylation is 1. The highest BCUT2D eigenvalue weighted by Gasteiger charge is 2.16. The third-order valence-electron chi connectivity index (χ3n) is 5.16. The standard InChI is InChI=1S/C21H30N2O4/c1-13(2)18(22)10-11-23(4)20(24)9-8-17-14(3)16-7-6-15(26-5)12-19(16)27-21(17)25/h6-7,12-13,18H,8-11,22H2,1-5H3. The molecule has 6 nitrogen and oxygen atoms in total. The molecule has 1 amide bonds. The Morgan fingerprint density at radius 2 is 2.04 bits per heavy atom. The topological polar surface area (TPSA) is 85.8 Å². The first-order chi connectivity index (χ1) is 12.7. The summed E-state index contributed by atoms with van der Waals surface area (Å²) in [6, 6.07) is 5.48. The van der Waals surface area contributed by atoms with E-state index in [1.54, 1.807) is 25.1 Å². The van der Waals surface area contributed by atoms with Gasteiger partial charge >= 0.3 is 5.63 Å². The number of amides is 1. The quantitative estimate of drug-likeness (QED) is 0.718. The van der Waals surface area contributed by atoms with E-state index in [0.717, 1.165) is 17.4 Å². The van der Waals surface area contributed by atoms with Crippen LogP contribution in [0.15, 0.2) is 27.4 Å². The molecular formula is C21H30N2O4. The molecule has 1 atom stereocenters. The molecule has 0 radical (unpaired) electrons. The molecule has 2 aromatic rings. The molecule has 1 aromatic carbocycles. The lowest BCUT2D eigenvalue weighted by molar-refractivity contribution is -0.129. The molecule has 0 saturated carbocycles. The maximum atomic E-state index is 12.4. The summed E-state index contributed by atoms with van der Waals surface area (Å²) in [5, 5.41) is 0.856. The average Bonchev–Trinajstić information content (AvgIpc) is 2.64. The Kier molecular flexibility index (Phi) is 7.02. The van der Waals surface area contributed by atoms with Gasteiger partial charge in [-0.3, -0.25) is 4.79 Å². The molecule has 1 unspecified atom stereocenters. The van der Waals surface area contributed by atoms with Crippen molar-refractivity contribution < 1.29 is 13.9 Å². The molecule has 0 fully saturated rings. The molecule has 0 bridgehead atoms. The Balaban J connectivity index is 2.08. The number of hydrogen-bond acceptors (Lipinski definition) is 5. The summed E-state index contributed by atoms with van der Waals surface area (Å²) in [5.74, 6) is 1.02. The van der Waals surface area contributed by atoms with Crippen molar-refractivity contribution in [3.63, 3.8) is 0 Å². The van der Waals surface area contributed by atoms with E-state index in [0.29, 0.717) is 35.8 Å². The number of rotatable bonds is 8. The van der Waals surface area contributed by atoms with Gasteiger partial charge in [0.05, 0.1) is 7.11 Å². The Labute approximate surface area is 160 Å². The van der Waals surface area contributed by atoms with Crippen LogP contribution in [-0.2, 0) is 11.2 Å². The molecular weight excluding hydrogens is 344 g/mol. The summed E-state index contributed by atoms with van der Waals surface area (Å²) < 4.78 is 10.6. The smallest absolute Gasteiger partial charge is 0.339 e. The molecule has 0 aliphatic rings. The lowest BCUT2D eigenvalue weighted by Gasteiger charge is -2.21. The Bertz CT molecular complexity index is 857. The van der Waals surface area contributed by atoms with Crippen molar-refractivity contribution in [2.24, 2.45) is 11.7 Å². The second-order valence-electron chi connectivity index (χ2n) is 7.37. The largest absolute Gasteiger partial charge is 0.497 e. The second kappa shape index (κ2) is 9.04. The van der Waals surface area contributed by atoms with Crippen LogP contribution in [0.5, 0.6) is 5.75 Å². The first-order valence-corrected chi connectivity index (χ1v) is 9.34. The molecule has 2 N–H and O–H groups in total. The van der Waals surface area contributed by atoms with Crippen molar-refractivity contribution in [1.82, 2.24) is 4.90 Å². The number of carbonyl (C=O) groups is 1. The van der Waals surface area contributed by atoms with E-state index in [1.165, 1.54) is 0 Å². The average molecular weight is 374 g/mol. The highest BCUT2D eigenvalue weighted by atomic mass is 16.5. The van der Waals surface area contributed by atoms with Gasteiger partial charge in [0.1, 0.15) is 11.3 Å². The molecule has 0 spiro atoms. The first kappa shape index (κ1) is 21.0. The van der Waals surface area contributed by atoms with E-state index in [4.69, 9.17) is 14.9 Å². The third kappa shape index (κ3) is 5.10. The van der Waals surface area contributed by atoms with Crippen molar-refractivity contribution >= 4 is 16.9 Å². The SMILES string of the molecule is COc1ccc2c(C)c(CCC(=O)N(C)CCC(N)C(C)C)c(=O)oc2c1. The molecule has 27 heavy (non-hydrogen) atoms. The van der Waals surface area contributed by atoms with Gasteiger partial charge < -0.3 is 19.8 Å². The number of ether oxygens (including phenoxy) is 1. The minimum Gasteiger partial charge on any atom is -0.497 e. The van der Waals surface area contributed by atoms with Gasteiger partial charge in [-0.05, 0) is 43.4 Å². The number of methoxy groups -OCH3 is 1. The fourth-order valence-electron chi connectivity index (χ4n) is 3.01. The first-order valence-electron chi connectivity index (χ1n) is 9.34. The summed E-state index contributed by atoms with van der Waals surface area (Å²) in [6.45, 7) is 6.65. The molecule has 0 aliphatic heterocycles. The predicted octanol–water partition coefficient (Wildman–Crippen LogP) is 2.87. The number of hydrogen-bond donors (Lipinski definition) is 1. The van der Waals surface area contributed by atoms with Crippen molar-refractivity contribution in [3.05, 3.63) is 39.7 Å². The Morgan fingerprint density at radius 3 is 2.67 bits per heavy atom.